The molecule has 0 radical (unpaired) electrons. The van der Waals surface area contributed by atoms with Crippen molar-refractivity contribution in [2.24, 2.45) is 5.16 Å². The van der Waals surface area contributed by atoms with Gasteiger partial charge in [-0.3, -0.25) is 9.59 Å². The summed E-state index contributed by atoms with van der Waals surface area (Å²) in [5.74, 6) is -3.59. The van der Waals surface area contributed by atoms with Gasteiger partial charge in [0.1, 0.15) is 18.4 Å². The quantitative estimate of drug-likeness (QED) is 0.335. The van der Waals surface area contributed by atoms with Gasteiger partial charge in [-0.25, -0.2) is 4.39 Å². The molecule has 0 aromatic heterocycles. The van der Waals surface area contributed by atoms with E-state index in [0.717, 1.165) is 12.1 Å². The van der Waals surface area contributed by atoms with Gasteiger partial charge in [-0.2, -0.15) is 39.5 Å². The van der Waals surface area contributed by atoms with Gasteiger partial charge in [0.2, 0.25) is 5.91 Å². The van der Waals surface area contributed by atoms with Crippen molar-refractivity contribution in [1.29, 1.82) is 0 Å². The predicted molar refractivity (Wildman–Crippen MR) is 121 cm³/mol. The molecule has 0 bridgehead atoms. The molecule has 2 aliphatic heterocycles. The van der Waals surface area contributed by atoms with E-state index in [4.69, 9.17) is 11.6 Å². The zero-order valence-corrected chi connectivity index (χ0v) is 21.1. The van der Waals surface area contributed by atoms with Gasteiger partial charge in [-0.1, -0.05) is 22.8 Å². The molecular formula is C24H16ClF10N3O3. The average molecular weight is 620 g/mol. The van der Waals surface area contributed by atoms with Crippen LogP contribution in [0, 0.1) is 12.7 Å². The number of benzene rings is 2. The lowest BCUT2D eigenvalue weighted by molar-refractivity contribution is -0.276. The maximum Gasteiger partial charge on any atom is 0.435 e. The Morgan fingerprint density at radius 2 is 1.78 bits per heavy atom. The van der Waals surface area contributed by atoms with Crippen molar-refractivity contribution in [1.82, 2.24) is 10.2 Å². The monoisotopic (exact) mass is 619 g/mol. The highest BCUT2D eigenvalue weighted by molar-refractivity contribution is 6.30. The summed E-state index contributed by atoms with van der Waals surface area (Å²) in [7, 11) is 0. The SMILES string of the molecule is Cc1cc(C2=NO[C@](c3cc(C(F)(F)F)cc(Cl)c3F)(C(F)(F)F)C2)ccc1C(=O)N[C@H]1CN(CC(F)(F)F)C1=O. The summed E-state index contributed by atoms with van der Waals surface area (Å²) in [4.78, 5) is 29.6. The largest absolute Gasteiger partial charge is 0.435 e. The van der Waals surface area contributed by atoms with Gasteiger partial charge in [-0.05, 0) is 42.3 Å². The summed E-state index contributed by atoms with van der Waals surface area (Å²) < 4.78 is 135. The number of alkyl halides is 9. The minimum absolute atomic E-state index is 0.0522. The minimum atomic E-state index is -5.46. The van der Waals surface area contributed by atoms with Gasteiger partial charge in [0, 0.05) is 11.1 Å². The zero-order chi connectivity index (χ0) is 30.7. The lowest BCUT2D eigenvalue weighted by Crippen LogP contribution is -2.65. The molecule has 6 nitrogen and oxygen atoms in total. The third-order valence-electron chi connectivity index (χ3n) is 6.47. The van der Waals surface area contributed by atoms with Gasteiger partial charge in [0.25, 0.3) is 11.5 Å². The Morgan fingerprint density at radius 1 is 1.12 bits per heavy atom. The molecule has 2 amide bonds. The van der Waals surface area contributed by atoms with E-state index in [1.807, 2.05) is 0 Å². The first-order valence-electron chi connectivity index (χ1n) is 11.4. The molecule has 2 aliphatic rings. The van der Waals surface area contributed by atoms with Crippen LogP contribution < -0.4 is 5.32 Å². The number of hydrogen-bond acceptors (Lipinski definition) is 4. The summed E-state index contributed by atoms with van der Waals surface area (Å²) in [6, 6.07) is 2.33. The molecule has 41 heavy (non-hydrogen) atoms. The molecule has 2 aromatic rings. The molecule has 222 valence electrons. The number of nitrogens with zero attached hydrogens (tertiary/aromatic N) is 2. The van der Waals surface area contributed by atoms with Crippen LogP contribution in [0.5, 0.6) is 0 Å². The van der Waals surface area contributed by atoms with Crippen LogP contribution in [0.15, 0.2) is 35.5 Å². The van der Waals surface area contributed by atoms with Gasteiger partial charge in [-0.15, -0.1) is 0 Å². The van der Waals surface area contributed by atoms with Crippen LogP contribution in [-0.2, 0) is 21.4 Å². The normalized spacial score (nSPS) is 21.4. The Bertz CT molecular complexity index is 1440. The van der Waals surface area contributed by atoms with E-state index in [9.17, 15) is 53.5 Å². The van der Waals surface area contributed by atoms with Crippen LogP contribution in [0.25, 0.3) is 0 Å². The van der Waals surface area contributed by atoms with Crippen molar-refractivity contribution in [3.05, 3.63) is 69.0 Å². The number of likely N-dealkylation sites (tertiary alicyclic amines) is 1. The van der Waals surface area contributed by atoms with Crippen molar-refractivity contribution in [2.45, 2.75) is 43.5 Å². The summed E-state index contributed by atoms with van der Waals surface area (Å²) in [6.45, 7) is -0.506. The first-order chi connectivity index (χ1) is 18.7. The molecule has 17 heteroatoms. The van der Waals surface area contributed by atoms with E-state index >= 15 is 0 Å². The third-order valence-corrected chi connectivity index (χ3v) is 6.74. The molecule has 0 aliphatic carbocycles. The molecule has 2 heterocycles. The van der Waals surface area contributed by atoms with Gasteiger partial charge in [0.15, 0.2) is 0 Å². The Balaban J connectivity index is 1.56. The summed E-state index contributed by atoms with van der Waals surface area (Å²) >= 11 is 5.49. The fraction of sp³-hybridized carbons (Fsp3) is 0.375. The standard InChI is InChI=1S/C24H16ClF10N3O3/c1-10-4-11(2-3-13(10)19(39)36-17-8-38(20(17)40)9-22(27,28)29)16-7-21(41-37-16,24(33,34)35)14-5-12(23(30,31)32)6-15(25)18(14)26/h2-6,17H,7-9H2,1H3,(H,36,39)/t17-,21+/m0/s1. The maximum absolute atomic E-state index is 14.7. The van der Waals surface area contributed by atoms with Crippen LogP contribution in [0.2, 0.25) is 5.02 Å². The molecular weight excluding hydrogens is 604 g/mol. The van der Waals surface area contributed by atoms with Crippen LogP contribution >= 0.6 is 11.6 Å². The van der Waals surface area contributed by atoms with Gasteiger partial charge < -0.3 is 15.1 Å². The average Bonchev–Trinajstić information content (AvgIpc) is 3.30. The number of carbonyl (C=O) groups excluding carboxylic acids is 2. The Morgan fingerprint density at radius 3 is 2.32 bits per heavy atom. The molecule has 4 rings (SSSR count). The highest BCUT2D eigenvalue weighted by atomic mass is 35.5. The fourth-order valence-electron chi connectivity index (χ4n) is 4.38. The number of nitrogens with one attached hydrogen (secondary N) is 1. The molecule has 0 spiro atoms. The fourth-order valence-corrected chi connectivity index (χ4v) is 4.60. The topological polar surface area (TPSA) is 71.0 Å². The summed E-state index contributed by atoms with van der Waals surface area (Å²) in [5.41, 5.74) is -7.26. The number of amides is 2. The molecule has 2 aromatic carbocycles. The van der Waals surface area contributed by atoms with Gasteiger partial charge >= 0.3 is 18.5 Å². The van der Waals surface area contributed by atoms with Crippen molar-refractivity contribution in [3.8, 4) is 0 Å². The van der Waals surface area contributed by atoms with Crippen LogP contribution in [0.3, 0.4) is 0 Å². The number of carbonyl (C=O) groups is 2. The number of rotatable bonds is 5. The highest BCUT2D eigenvalue weighted by Crippen LogP contribution is 2.51. The Hall–Kier alpha value is -3.56. The third kappa shape index (κ3) is 5.78. The number of halogens is 11. The molecule has 1 N–H and O–H groups in total. The van der Waals surface area contributed by atoms with Crippen molar-refractivity contribution >= 4 is 29.1 Å². The second-order valence-corrected chi connectivity index (χ2v) is 9.75. The number of β-lactam (4-membered cyclic amide) rings is 1. The predicted octanol–water partition coefficient (Wildman–Crippen LogP) is 5.89. The molecule has 0 unspecified atom stereocenters. The van der Waals surface area contributed by atoms with E-state index < -0.39 is 82.6 Å². The van der Waals surface area contributed by atoms with E-state index in [2.05, 4.69) is 15.3 Å². The molecule has 2 atom stereocenters. The number of aryl methyl sites for hydroxylation is 1. The van der Waals surface area contributed by atoms with E-state index in [-0.39, 0.29) is 35.4 Å². The smallest absolute Gasteiger partial charge is 0.374 e. The lowest BCUT2D eigenvalue weighted by atomic mass is 9.85. The summed E-state index contributed by atoms with van der Waals surface area (Å²) in [6.07, 6.45) is -16.5. The maximum atomic E-state index is 14.7. The van der Waals surface area contributed by atoms with E-state index in [0.29, 0.717) is 4.90 Å². The molecule has 1 saturated heterocycles. The number of hydrogen-bond donors (Lipinski definition) is 1. The van der Waals surface area contributed by atoms with Crippen molar-refractivity contribution in [3.63, 3.8) is 0 Å². The van der Waals surface area contributed by atoms with Crippen LogP contribution in [0.1, 0.15) is 39.0 Å². The van der Waals surface area contributed by atoms with Crippen LogP contribution in [0.4, 0.5) is 43.9 Å². The first kappa shape index (κ1) is 30.4. The Labute approximate surface area is 228 Å². The second-order valence-electron chi connectivity index (χ2n) is 9.34. The van der Waals surface area contributed by atoms with E-state index in [1.165, 1.54) is 13.0 Å². The van der Waals surface area contributed by atoms with Crippen LogP contribution in [-0.4, -0.2) is 53.9 Å². The van der Waals surface area contributed by atoms with E-state index in [1.54, 1.807) is 0 Å². The zero-order valence-electron chi connectivity index (χ0n) is 20.4. The second kappa shape index (κ2) is 10.1. The molecule has 0 saturated carbocycles. The summed E-state index contributed by atoms with van der Waals surface area (Å²) in [5, 5.41) is 4.41. The van der Waals surface area contributed by atoms with Crippen molar-refractivity contribution in [2.75, 3.05) is 13.1 Å². The number of oxime groups is 1. The molecule has 1 fully saturated rings. The lowest BCUT2D eigenvalue weighted by Gasteiger charge is -2.38. The van der Waals surface area contributed by atoms with Gasteiger partial charge in [0.05, 0.1) is 29.3 Å². The first-order valence-corrected chi connectivity index (χ1v) is 11.8. The Kier molecular flexibility index (Phi) is 7.46. The minimum Gasteiger partial charge on any atom is -0.374 e. The highest BCUT2D eigenvalue weighted by Gasteiger charge is 2.64. The van der Waals surface area contributed by atoms with Crippen molar-refractivity contribution < 1.29 is 58.3 Å².